The van der Waals surface area contributed by atoms with Crippen molar-refractivity contribution in [1.29, 1.82) is 0 Å². The lowest BCUT2D eigenvalue weighted by atomic mass is 10.1. The van der Waals surface area contributed by atoms with Crippen molar-refractivity contribution in [2.75, 3.05) is 21.3 Å². The first kappa shape index (κ1) is 19.7. The van der Waals surface area contributed by atoms with E-state index in [9.17, 15) is 9.90 Å². The van der Waals surface area contributed by atoms with Gasteiger partial charge in [-0.2, -0.15) is 0 Å². The smallest absolute Gasteiger partial charge is 0.336 e. The first-order valence-electron chi connectivity index (χ1n) is 8.28. The maximum absolute atomic E-state index is 11.7. The maximum Gasteiger partial charge on any atom is 0.336 e. The second-order valence-corrected chi connectivity index (χ2v) is 6.77. The van der Waals surface area contributed by atoms with E-state index < -0.39 is 5.97 Å². The molecule has 3 rings (SSSR count). The van der Waals surface area contributed by atoms with Crippen LogP contribution in [0.15, 0.2) is 40.9 Å². The molecule has 1 aromatic heterocycles. The minimum atomic E-state index is -1.01. The first-order valence-corrected chi connectivity index (χ1v) is 9.07. The number of methoxy groups -OCH3 is 3. The second kappa shape index (κ2) is 8.31. The summed E-state index contributed by atoms with van der Waals surface area (Å²) < 4.78 is 16.8. The highest BCUT2D eigenvalue weighted by molar-refractivity contribution is 9.10. The van der Waals surface area contributed by atoms with Gasteiger partial charge in [-0.1, -0.05) is 22.0 Å². The van der Waals surface area contributed by atoms with E-state index in [1.54, 1.807) is 57.7 Å². The zero-order valence-corrected chi connectivity index (χ0v) is 17.1. The molecule has 0 unspecified atom stereocenters. The first-order chi connectivity index (χ1) is 13.5. The molecule has 2 aromatic carbocycles. The number of carbonyl (C=O) groups is 1. The number of benzene rings is 2. The van der Waals surface area contributed by atoms with Crippen molar-refractivity contribution in [3.05, 3.63) is 57.7 Å². The van der Waals surface area contributed by atoms with Crippen LogP contribution >= 0.6 is 15.9 Å². The number of carboxylic acids is 1. The Bertz CT molecular complexity index is 1050. The normalized spacial score (nSPS) is 11.0. The Labute approximate surface area is 170 Å². The lowest BCUT2D eigenvalue weighted by Crippen LogP contribution is -2.00. The van der Waals surface area contributed by atoms with Crippen LogP contribution in [0, 0.1) is 0 Å². The summed E-state index contributed by atoms with van der Waals surface area (Å²) in [6.45, 7) is 0. The third-order valence-corrected chi connectivity index (χ3v) is 4.65. The average molecular weight is 444 g/mol. The molecule has 7 heteroatoms. The summed E-state index contributed by atoms with van der Waals surface area (Å²) in [4.78, 5) is 16.2. The van der Waals surface area contributed by atoms with E-state index in [2.05, 4.69) is 20.9 Å². The number of ether oxygens (including phenoxy) is 3. The Kier molecular flexibility index (Phi) is 5.84. The highest BCUT2D eigenvalue weighted by Crippen LogP contribution is 2.38. The summed E-state index contributed by atoms with van der Waals surface area (Å²) in [7, 11) is 4.64. The Balaban J connectivity index is 2.06. The minimum Gasteiger partial charge on any atom is -0.493 e. The maximum atomic E-state index is 11.7. The largest absolute Gasteiger partial charge is 0.493 e. The van der Waals surface area contributed by atoms with Gasteiger partial charge in [0.25, 0.3) is 0 Å². The van der Waals surface area contributed by atoms with E-state index in [4.69, 9.17) is 14.2 Å². The van der Waals surface area contributed by atoms with Crippen LogP contribution in [0.4, 0.5) is 0 Å². The summed E-state index contributed by atoms with van der Waals surface area (Å²) >= 11 is 3.37. The molecular weight excluding hydrogens is 426 g/mol. The zero-order valence-electron chi connectivity index (χ0n) is 15.5. The molecule has 0 amide bonds. The Hall–Kier alpha value is -3.06. The number of aromatic nitrogens is 1. The number of hydrogen-bond donors (Lipinski definition) is 1. The summed E-state index contributed by atoms with van der Waals surface area (Å²) in [5.74, 6) is 0.561. The molecule has 0 spiro atoms. The molecule has 3 aromatic rings. The quantitative estimate of drug-likeness (QED) is 0.583. The SMILES string of the molecule is COc1cc(C=Cc2cc(C(=O)O)c3cc(Br)ccc3n2)cc(OC)c1OC. The standard InChI is InChI=1S/C21H18BrNO5/c1-26-18-8-12(9-19(27-2)20(18)28-3)4-6-14-11-16(21(24)25)15-10-13(22)5-7-17(15)23-14/h4-11H,1-3H3,(H,24,25). The van der Waals surface area contributed by atoms with Gasteiger partial charge in [0, 0.05) is 9.86 Å². The fourth-order valence-electron chi connectivity index (χ4n) is 2.86. The average Bonchev–Trinajstić information content (AvgIpc) is 2.70. The van der Waals surface area contributed by atoms with Crippen molar-refractivity contribution in [1.82, 2.24) is 4.98 Å². The molecule has 0 bridgehead atoms. The van der Waals surface area contributed by atoms with Gasteiger partial charge < -0.3 is 19.3 Å². The van der Waals surface area contributed by atoms with Crippen LogP contribution in [-0.2, 0) is 0 Å². The van der Waals surface area contributed by atoms with Crippen LogP contribution in [-0.4, -0.2) is 37.4 Å². The molecule has 0 saturated heterocycles. The van der Waals surface area contributed by atoms with Gasteiger partial charge in [0.15, 0.2) is 11.5 Å². The molecule has 0 radical (unpaired) electrons. The van der Waals surface area contributed by atoms with E-state index >= 15 is 0 Å². The number of rotatable bonds is 6. The van der Waals surface area contributed by atoms with Crippen molar-refractivity contribution in [3.63, 3.8) is 0 Å². The predicted molar refractivity (Wildman–Crippen MR) is 111 cm³/mol. The monoisotopic (exact) mass is 443 g/mol. The Morgan fingerprint density at radius 2 is 1.68 bits per heavy atom. The van der Waals surface area contributed by atoms with Gasteiger partial charge in [0.2, 0.25) is 5.75 Å². The molecule has 0 fully saturated rings. The number of pyridine rings is 1. The Morgan fingerprint density at radius 3 is 2.25 bits per heavy atom. The number of nitrogens with zero attached hydrogens (tertiary/aromatic N) is 1. The second-order valence-electron chi connectivity index (χ2n) is 5.85. The van der Waals surface area contributed by atoms with Crippen molar-refractivity contribution < 1.29 is 24.1 Å². The van der Waals surface area contributed by atoms with E-state index in [-0.39, 0.29) is 5.56 Å². The van der Waals surface area contributed by atoms with Crippen LogP contribution in [0.3, 0.4) is 0 Å². The number of fused-ring (bicyclic) bond motifs is 1. The highest BCUT2D eigenvalue weighted by Gasteiger charge is 2.13. The van der Waals surface area contributed by atoms with Gasteiger partial charge in [-0.3, -0.25) is 0 Å². The topological polar surface area (TPSA) is 77.9 Å². The van der Waals surface area contributed by atoms with E-state index in [1.165, 1.54) is 0 Å². The van der Waals surface area contributed by atoms with Gasteiger partial charge >= 0.3 is 5.97 Å². The van der Waals surface area contributed by atoms with E-state index in [0.29, 0.717) is 33.8 Å². The molecule has 0 aliphatic heterocycles. The van der Waals surface area contributed by atoms with Gasteiger partial charge in [0.1, 0.15) is 0 Å². The van der Waals surface area contributed by atoms with E-state index in [0.717, 1.165) is 10.0 Å². The molecule has 0 aliphatic carbocycles. The lowest BCUT2D eigenvalue weighted by molar-refractivity contribution is 0.0699. The fraction of sp³-hybridized carbons (Fsp3) is 0.143. The third-order valence-electron chi connectivity index (χ3n) is 4.15. The Morgan fingerprint density at radius 1 is 1.00 bits per heavy atom. The van der Waals surface area contributed by atoms with Crippen molar-refractivity contribution in [2.24, 2.45) is 0 Å². The van der Waals surface area contributed by atoms with Crippen molar-refractivity contribution in [2.45, 2.75) is 0 Å². The molecule has 0 atom stereocenters. The summed E-state index contributed by atoms with van der Waals surface area (Å²) in [5, 5.41) is 10.1. The van der Waals surface area contributed by atoms with Gasteiger partial charge in [0.05, 0.1) is 38.1 Å². The van der Waals surface area contributed by atoms with Crippen LogP contribution < -0.4 is 14.2 Å². The summed E-state index contributed by atoms with van der Waals surface area (Å²) in [6, 6.07) is 10.5. The molecule has 1 heterocycles. The van der Waals surface area contributed by atoms with Crippen molar-refractivity contribution >= 4 is 45.0 Å². The number of halogens is 1. The van der Waals surface area contributed by atoms with E-state index in [1.807, 2.05) is 12.1 Å². The lowest BCUT2D eigenvalue weighted by Gasteiger charge is -2.12. The van der Waals surface area contributed by atoms with Crippen LogP contribution in [0.5, 0.6) is 17.2 Å². The molecule has 0 saturated carbocycles. The van der Waals surface area contributed by atoms with Crippen molar-refractivity contribution in [3.8, 4) is 17.2 Å². The summed E-state index contributed by atoms with van der Waals surface area (Å²) in [6.07, 6.45) is 3.55. The molecular formula is C21H18BrNO5. The number of hydrogen-bond acceptors (Lipinski definition) is 5. The molecule has 28 heavy (non-hydrogen) atoms. The summed E-state index contributed by atoms with van der Waals surface area (Å²) in [5.41, 5.74) is 2.12. The van der Waals surface area contributed by atoms with Gasteiger partial charge in [-0.15, -0.1) is 0 Å². The van der Waals surface area contributed by atoms with Gasteiger partial charge in [-0.25, -0.2) is 9.78 Å². The predicted octanol–water partition coefficient (Wildman–Crippen LogP) is 4.89. The zero-order chi connectivity index (χ0) is 20.3. The minimum absolute atomic E-state index is 0.191. The third kappa shape index (κ3) is 3.94. The molecule has 1 N–H and O–H groups in total. The van der Waals surface area contributed by atoms with Crippen LogP contribution in [0.25, 0.3) is 23.1 Å². The molecule has 144 valence electrons. The molecule has 0 aliphatic rings. The van der Waals surface area contributed by atoms with Crippen LogP contribution in [0.2, 0.25) is 0 Å². The van der Waals surface area contributed by atoms with Gasteiger partial charge in [-0.05, 0) is 48.0 Å². The molecule has 6 nitrogen and oxygen atoms in total. The highest BCUT2D eigenvalue weighted by atomic mass is 79.9. The fourth-order valence-corrected chi connectivity index (χ4v) is 3.22. The number of aromatic carboxylic acids is 1. The number of carboxylic acid groups (broad SMARTS) is 1. The van der Waals surface area contributed by atoms with Crippen LogP contribution in [0.1, 0.15) is 21.6 Å².